The molecule has 1 aromatic carbocycles. The average molecular weight is 300 g/mol. The third-order valence-electron chi connectivity index (χ3n) is 2.60. The third kappa shape index (κ3) is 3.71. The van der Waals surface area contributed by atoms with Crippen LogP contribution in [0.15, 0.2) is 30.5 Å². The van der Waals surface area contributed by atoms with Crippen LogP contribution in [-0.2, 0) is 16.4 Å². The number of hydrogen-bond donors (Lipinski definition) is 1. The predicted molar refractivity (Wildman–Crippen MR) is 76.8 cm³/mol. The standard InChI is InChI=1S/C12H14ClN3O2S/c1-19(17,18)7-6-16-8-11(14)12(15-16)9-2-4-10(13)5-3-9/h2-5,8H,6-7,14H2,1H3. The van der Waals surface area contributed by atoms with Crippen LogP contribution in [0.3, 0.4) is 0 Å². The number of aryl methyl sites for hydroxylation is 1. The van der Waals surface area contributed by atoms with Gasteiger partial charge in [-0.05, 0) is 12.1 Å². The van der Waals surface area contributed by atoms with Gasteiger partial charge in [0.2, 0.25) is 0 Å². The zero-order valence-electron chi connectivity index (χ0n) is 10.4. The largest absolute Gasteiger partial charge is 0.396 e. The molecule has 0 saturated heterocycles. The summed E-state index contributed by atoms with van der Waals surface area (Å²) < 4.78 is 23.8. The van der Waals surface area contributed by atoms with E-state index in [9.17, 15) is 8.42 Å². The monoisotopic (exact) mass is 299 g/mol. The summed E-state index contributed by atoms with van der Waals surface area (Å²) in [4.78, 5) is 0. The van der Waals surface area contributed by atoms with Gasteiger partial charge in [0.15, 0.2) is 0 Å². The topological polar surface area (TPSA) is 78.0 Å². The maximum Gasteiger partial charge on any atom is 0.149 e. The van der Waals surface area contributed by atoms with Crippen molar-refractivity contribution in [2.24, 2.45) is 0 Å². The van der Waals surface area contributed by atoms with Crippen molar-refractivity contribution in [1.29, 1.82) is 0 Å². The highest BCUT2D eigenvalue weighted by Crippen LogP contribution is 2.25. The van der Waals surface area contributed by atoms with E-state index in [4.69, 9.17) is 17.3 Å². The highest BCUT2D eigenvalue weighted by molar-refractivity contribution is 7.90. The van der Waals surface area contributed by atoms with Crippen LogP contribution in [0.25, 0.3) is 11.3 Å². The van der Waals surface area contributed by atoms with Crippen LogP contribution in [0.4, 0.5) is 5.69 Å². The molecule has 0 spiro atoms. The van der Waals surface area contributed by atoms with Crippen LogP contribution in [0.5, 0.6) is 0 Å². The number of nitrogen functional groups attached to an aromatic ring is 1. The molecular weight excluding hydrogens is 286 g/mol. The molecule has 1 heterocycles. The van der Waals surface area contributed by atoms with Gasteiger partial charge in [-0.25, -0.2) is 8.42 Å². The summed E-state index contributed by atoms with van der Waals surface area (Å²) in [7, 11) is -3.02. The quantitative estimate of drug-likeness (QED) is 0.934. The SMILES string of the molecule is CS(=O)(=O)CCn1cc(N)c(-c2ccc(Cl)cc2)n1. The lowest BCUT2D eigenvalue weighted by Gasteiger charge is -2.00. The minimum absolute atomic E-state index is 0.0359. The molecule has 102 valence electrons. The van der Waals surface area contributed by atoms with E-state index in [-0.39, 0.29) is 12.3 Å². The fourth-order valence-electron chi connectivity index (χ4n) is 1.64. The summed E-state index contributed by atoms with van der Waals surface area (Å²) in [5, 5.41) is 4.93. The molecule has 1 aromatic heterocycles. The van der Waals surface area contributed by atoms with Gasteiger partial charge >= 0.3 is 0 Å². The Morgan fingerprint density at radius 1 is 1.32 bits per heavy atom. The van der Waals surface area contributed by atoms with E-state index in [1.165, 1.54) is 6.26 Å². The second-order valence-corrected chi connectivity index (χ2v) is 7.03. The van der Waals surface area contributed by atoms with Gasteiger partial charge in [-0.2, -0.15) is 5.10 Å². The van der Waals surface area contributed by atoms with E-state index in [0.29, 0.717) is 16.4 Å². The Balaban J connectivity index is 2.24. The van der Waals surface area contributed by atoms with E-state index < -0.39 is 9.84 Å². The molecule has 7 heteroatoms. The van der Waals surface area contributed by atoms with E-state index in [0.717, 1.165) is 5.56 Å². The number of anilines is 1. The Morgan fingerprint density at radius 3 is 2.53 bits per heavy atom. The third-order valence-corrected chi connectivity index (χ3v) is 3.77. The van der Waals surface area contributed by atoms with Crippen LogP contribution in [-0.4, -0.2) is 30.2 Å². The Kier molecular flexibility index (Phi) is 3.82. The van der Waals surface area contributed by atoms with Gasteiger partial charge in [0.1, 0.15) is 15.5 Å². The van der Waals surface area contributed by atoms with Crippen molar-refractivity contribution in [3.63, 3.8) is 0 Å². The van der Waals surface area contributed by atoms with Crippen molar-refractivity contribution < 1.29 is 8.42 Å². The highest BCUT2D eigenvalue weighted by atomic mass is 35.5. The normalized spacial score (nSPS) is 11.7. The first kappa shape index (κ1) is 13.9. The zero-order valence-corrected chi connectivity index (χ0v) is 11.9. The van der Waals surface area contributed by atoms with E-state index in [2.05, 4.69) is 5.10 Å². The maximum atomic E-state index is 11.1. The van der Waals surface area contributed by atoms with Crippen LogP contribution < -0.4 is 5.73 Å². The Labute approximate surface area is 116 Å². The lowest BCUT2D eigenvalue weighted by atomic mass is 10.1. The van der Waals surface area contributed by atoms with Gasteiger partial charge in [-0.3, -0.25) is 4.68 Å². The number of aromatic nitrogens is 2. The zero-order chi connectivity index (χ0) is 14.0. The molecule has 0 amide bonds. The minimum Gasteiger partial charge on any atom is -0.396 e. The number of nitrogens with two attached hydrogens (primary N) is 1. The van der Waals surface area contributed by atoms with Gasteiger partial charge in [0.05, 0.1) is 18.0 Å². The summed E-state index contributed by atoms with van der Waals surface area (Å²) in [6.07, 6.45) is 2.83. The second-order valence-electron chi connectivity index (χ2n) is 4.33. The van der Waals surface area contributed by atoms with Gasteiger partial charge in [-0.15, -0.1) is 0 Å². The molecule has 0 unspecified atom stereocenters. The molecule has 0 aliphatic carbocycles. The number of nitrogens with zero attached hydrogens (tertiary/aromatic N) is 2. The number of halogens is 1. The molecule has 0 fully saturated rings. The molecule has 0 aliphatic rings. The van der Waals surface area contributed by atoms with E-state index in [1.807, 2.05) is 12.1 Å². The summed E-state index contributed by atoms with van der Waals surface area (Å²) >= 11 is 5.82. The minimum atomic E-state index is -3.02. The number of benzene rings is 1. The second kappa shape index (κ2) is 5.22. The van der Waals surface area contributed by atoms with Gasteiger partial charge < -0.3 is 5.73 Å². The van der Waals surface area contributed by atoms with Gasteiger partial charge in [0.25, 0.3) is 0 Å². The lowest BCUT2D eigenvalue weighted by molar-refractivity contribution is 0.586. The molecule has 0 bridgehead atoms. The van der Waals surface area contributed by atoms with Crippen molar-refractivity contribution in [3.05, 3.63) is 35.5 Å². The first-order valence-electron chi connectivity index (χ1n) is 5.62. The van der Waals surface area contributed by atoms with Crippen LogP contribution in [0, 0.1) is 0 Å². The Hall–Kier alpha value is -1.53. The lowest BCUT2D eigenvalue weighted by Crippen LogP contribution is -2.11. The van der Waals surface area contributed by atoms with E-state index in [1.54, 1.807) is 23.0 Å². The van der Waals surface area contributed by atoms with Crippen molar-refractivity contribution in [1.82, 2.24) is 9.78 Å². The fraction of sp³-hybridized carbons (Fsp3) is 0.250. The molecule has 2 N–H and O–H groups in total. The van der Waals surface area contributed by atoms with Gasteiger partial charge in [-0.1, -0.05) is 23.7 Å². The summed E-state index contributed by atoms with van der Waals surface area (Å²) in [6, 6.07) is 7.15. The first-order valence-corrected chi connectivity index (χ1v) is 8.05. The molecule has 5 nitrogen and oxygen atoms in total. The van der Waals surface area contributed by atoms with Crippen LogP contribution in [0.2, 0.25) is 5.02 Å². The molecule has 2 rings (SSSR count). The van der Waals surface area contributed by atoms with Crippen molar-refractivity contribution in [3.8, 4) is 11.3 Å². The summed E-state index contributed by atoms with van der Waals surface area (Å²) in [5.41, 5.74) is 7.87. The molecule has 0 saturated carbocycles. The number of hydrogen-bond acceptors (Lipinski definition) is 4. The van der Waals surface area contributed by atoms with Crippen LogP contribution >= 0.6 is 11.6 Å². The van der Waals surface area contributed by atoms with Crippen molar-refractivity contribution >= 4 is 27.1 Å². The average Bonchev–Trinajstić information content (AvgIpc) is 2.68. The number of sulfone groups is 1. The molecular formula is C12H14ClN3O2S. The summed E-state index contributed by atoms with van der Waals surface area (Å²) in [5.74, 6) is 0.0359. The maximum absolute atomic E-state index is 11.1. The van der Waals surface area contributed by atoms with Gasteiger partial charge in [0, 0.05) is 23.0 Å². The predicted octanol–water partition coefficient (Wildman–Crippen LogP) is 1.83. The summed E-state index contributed by atoms with van der Waals surface area (Å²) in [6.45, 7) is 0.288. The Morgan fingerprint density at radius 2 is 1.95 bits per heavy atom. The molecule has 0 aliphatic heterocycles. The molecule has 19 heavy (non-hydrogen) atoms. The Bertz CT molecular complexity index is 678. The van der Waals surface area contributed by atoms with Crippen molar-refractivity contribution in [2.45, 2.75) is 6.54 Å². The molecule has 0 atom stereocenters. The first-order chi connectivity index (χ1) is 8.85. The fourth-order valence-corrected chi connectivity index (χ4v) is 2.29. The molecule has 0 radical (unpaired) electrons. The van der Waals surface area contributed by atoms with E-state index >= 15 is 0 Å². The highest BCUT2D eigenvalue weighted by Gasteiger charge is 2.10. The number of rotatable bonds is 4. The molecule has 2 aromatic rings. The smallest absolute Gasteiger partial charge is 0.149 e. The van der Waals surface area contributed by atoms with Crippen LogP contribution in [0.1, 0.15) is 0 Å². The van der Waals surface area contributed by atoms with Crippen molar-refractivity contribution in [2.75, 3.05) is 17.7 Å².